The Kier molecular flexibility index (Phi) is 6.75. The molecule has 6 heteroatoms. The normalized spacial score (nSPS) is 13.0. The van der Waals surface area contributed by atoms with E-state index in [1.165, 1.54) is 18.2 Å². The quantitative estimate of drug-likeness (QED) is 0.719. The fraction of sp³-hybridized carbons (Fsp3) is 0.471. The third kappa shape index (κ3) is 5.39. The summed E-state index contributed by atoms with van der Waals surface area (Å²) < 4.78 is 0. The summed E-state index contributed by atoms with van der Waals surface area (Å²) >= 11 is 0. The monoisotopic (exact) mass is 320 g/mol. The lowest BCUT2D eigenvalue weighted by atomic mass is 10.0. The van der Waals surface area contributed by atoms with Gasteiger partial charge in [-0.05, 0) is 44.9 Å². The lowest BCUT2D eigenvalue weighted by Gasteiger charge is -2.14. The Bertz CT molecular complexity index is 556. The molecule has 0 aliphatic rings. The van der Waals surface area contributed by atoms with Gasteiger partial charge in [0, 0.05) is 23.2 Å². The van der Waals surface area contributed by atoms with Crippen LogP contribution in [0.4, 0.5) is 0 Å². The molecule has 0 aliphatic heterocycles. The van der Waals surface area contributed by atoms with Crippen molar-refractivity contribution < 1.29 is 19.5 Å². The van der Waals surface area contributed by atoms with E-state index >= 15 is 0 Å². The lowest BCUT2D eigenvalue weighted by Crippen LogP contribution is -2.34. The van der Waals surface area contributed by atoms with Crippen LogP contribution in [0.5, 0.6) is 0 Å². The van der Waals surface area contributed by atoms with Gasteiger partial charge in [-0.15, -0.1) is 0 Å². The molecule has 0 heterocycles. The molecule has 126 valence electrons. The van der Waals surface area contributed by atoms with Crippen LogP contribution >= 0.6 is 0 Å². The first-order valence-corrected chi connectivity index (χ1v) is 7.78. The average molecular weight is 320 g/mol. The third-order valence-corrected chi connectivity index (χ3v) is 3.68. The maximum absolute atomic E-state index is 12.2. The first-order chi connectivity index (χ1) is 10.8. The van der Waals surface area contributed by atoms with Gasteiger partial charge in [0.15, 0.2) is 0 Å². The molecule has 0 bridgehead atoms. The zero-order valence-corrected chi connectivity index (χ0v) is 14.0. The van der Waals surface area contributed by atoms with Crippen molar-refractivity contribution in [2.75, 3.05) is 0 Å². The Hall–Kier alpha value is -2.37. The summed E-state index contributed by atoms with van der Waals surface area (Å²) in [5.41, 5.74) is 0.245. The minimum Gasteiger partial charge on any atom is -0.478 e. The van der Waals surface area contributed by atoms with E-state index in [4.69, 9.17) is 0 Å². The van der Waals surface area contributed by atoms with Crippen molar-refractivity contribution in [3.05, 3.63) is 34.9 Å². The van der Waals surface area contributed by atoms with Crippen molar-refractivity contribution in [3.8, 4) is 0 Å². The van der Waals surface area contributed by atoms with E-state index in [-0.39, 0.29) is 40.6 Å². The van der Waals surface area contributed by atoms with Crippen LogP contribution in [-0.2, 0) is 0 Å². The van der Waals surface area contributed by atoms with Crippen LogP contribution in [0.25, 0.3) is 0 Å². The molecule has 2 unspecified atom stereocenters. The molecule has 0 aromatic heterocycles. The van der Waals surface area contributed by atoms with Gasteiger partial charge in [-0.25, -0.2) is 4.79 Å². The molecule has 1 aromatic carbocycles. The molecule has 0 saturated heterocycles. The van der Waals surface area contributed by atoms with Crippen molar-refractivity contribution in [2.24, 2.45) is 0 Å². The molecule has 2 amide bonds. The SMILES string of the molecule is CCC(C)NC(=O)c1cc(C(=O)O)cc(C(=O)NC(C)CC)c1. The lowest BCUT2D eigenvalue weighted by molar-refractivity contribution is 0.0697. The summed E-state index contributed by atoms with van der Waals surface area (Å²) in [6.07, 6.45) is 1.51. The number of nitrogens with one attached hydrogen (secondary N) is 2. The van der Waals surface area contributed by atoms with Gasteiger partial charge < -0.3 is 15.7 Å². The molecule has 2 atom stereocenters. The minimum atomic E-state index is -1.18. The molecule has 0 fully saturated rings. The maximum atomic E-state index is 12.2. The molecule has 0 spiro atoms. The zero-order chi connectivity index (χ0) is 17.6. The summed E-state index contributed by atoms with van der Waals surface area (Å²) in [5, 5.41) is 14.7. The highest BCUT2D eigenvalue weighted by molar-refractivity contribution is 6.03. The predicted octanol–water partition coefficient (Wildman–Crippen LogP) is 2.44. The van der Waals surface area contributed by atoms with E-state index in [0.717, 1.165) is 12.8 Å². The number of aromatic carboxylic acids is 1. The molecular formula is C17H24N2O4. The number of hydrogen-bond acceptors (Lipinski definition) is 3. The van der Waals surface area contributed by atoms with E-state index < -0.39 is 5.97 Å². The van der Waals surface area contributed by atoms with Crippen molar-refractivity contribution in [2.45, 2.75) is 52.6 Å². The van der Waals surface area contributed by atoms with Crippen LogP contribution in [0.2, 0.25) is 0 Å². The van der Waals surface area contributed by atoms with Crippen molar-refractivity contribution in [3.63, 3.8) is 0 Å². The number of hydrogen-bond donors (Lipinski definition) is 3. The number of carboxylic acids is 1. The van der Waals surface area contributed by atoms with Gasteiger partial charge in [-0.1, -0.05) is 13.8 Å². The van der Waals surface area contributed by atoms with Crippen LogP contribution in [-0.4, -0.2) is 35.0 Å². The molecule has 3 N–H and O–H groups in total. The highest BCUT2D eigenvalue weighted by Gasteiger charge is 2.17. The molecule has 0 aliphatic carbocycles. The van der Waals surface area contributed by atoms with Crippen LogP contribution in [0.15, 0.2) is 18.2 Å². The number of carbonyl (C=O) groups is 3. The second-order valence-corrected chi connectivity index (χ2v) is 5.67. The molecule has 6 nitrogen and oxygen atoms in total. The van der Waals surface area contributed by atoms with E-state index in [2.05, 4.69) is 10.6 Å². The van der Waals surface area contributed by atoms with Gasteiger partial charge in [-0.2, -0.15) is 0 Å². The first kappa shape index (κ1) is 18.7. The highest BCUT2D eigenvalue weighted by atomic mass is 16.4. The molecule has 1 aromatic rings. The summed E-state index contributed by atoms with van der Waals surface area (Å²) in [4.78, 5) is 35.7. The molecule has 1 rings (SSSR count). The zero-order valence-electron chi connectivity index (χ0n) is 14.0. The summed E-state index contributed by atoms with van der Waals surface area (Å²) in [6, 6.07) is 3.91. The highest BCUT2D eigenvalue weighted by Crippen LogP contribution is 2.12. The van der Waals surface area contributed by atoms with Gasteiger partial charge in [0.25, 0.3) is 11.8 Å². The number of carbonyl (C=O) groups excluding carboxylic acids is 2. The van der Waals surface area contributed by atoms with Crippen molar-refractivity contribution >= 4 is 17.8 Å². The molecule has 23 heavy (non-hydrogen) atoms. The number of amides is 2. The van der Waals surface area contributed by atoms with Crippen molar-refractivity contribution in [1.29, 1.82) is 0 Å². The van der Waals surface area contributed by atoms with Crippen LogP contribution in [0, 0.1) is 0 Å². The third-order valence-electron chi connectivity index (χ3n) is 3.68. The molecule has 0 saturated carbocycles. The Morgan fingerprint density at radius 3 is 1.52 bits per heavy atom. The Morgan fingerprint density at radius 1 is 0.870 bits per heavy atom. The number of benzene rings is 1. The van der Waals surface area contributed by atoms with E-state index in [1.807, 2.05) is 27.7 Å². The van der Waals surface area contributed by atoms with E-state index in [1.54, 1.807) is 0 Å². The van der Waals surface area contributed by atoms with Gasteiger partial charge in [-0.3, -0.25) is 9.59 Å². The second kappa shape index (κ2) is 8.31. The van der Waals surface area contributed by atoms with Crippen LogP contribution in [0.1, 0.15) is 71.6 Å². The Balaban J connectivity index is 3.14. The maximum Gasteiger partial charge on any atom is 0.335 e. The predicted molar refractivity (Wildman–Crippen MR) is 87.8 cm³/mol. The second-order valence-electron chi connectivity index (χ2n) is 5.67. The largest absolute Gasteiger partial charge is 0.478 e. The van der Waals surface area contributed by atoms with Crippen LogP contribution < -0.4 is 10.6 Å². The molecule has 0 radical (unpaired) electrons. The Morgan fingerprint density at radius 2 is 1.22 bits per heavy atom. The first-order valence-electron chi connectivity index (χ1n) is 7.78. The molecular weight excluding hydrogens is 296 g/mol. The smallest absolute Gasteiger partial charge is 0.335 e. The fourth-order valence-electron chi connectivity index (χ4n) is 1.83. The number of carboxylic acid groups (broad SMARTS) is 1. The van der Waals surface area contributed by atoms with Gasteiger partial charge >= 0.3 is 5.97 Å². The van der Waals surface area contributed by atoms with Crippen molar-refractivity contribution in [1.82, 2.24) is 10.6 Å². The topological polar surface area (TPSA) is 95.5 Å². The number of rotatable bonds is 7. The Labute approximate surface area is 136 Å². The minimum absolute atomic E-state index is 0.0339. The standard InChI is InChI=1S/C17H24N2O4/c1-5-10(3)18-15(20)12-7-13(9-14(8-12)17(22)23)16(21)19-11(4)6-2/h7-11H,5-6H2,1-4H3,(H,18,20)(H,19,21)(H,22,23). The fourth-order valence-corrected chi connectivity index (χ4v) is 1.83. The summed E-state index contributed by atoms with van der Waals surface area (Å²) in [7, 11) is 0. The van der Waals surface area contributed by atoms with E-state index in [9.17, 15) is 19.5 Å². The average Bonchev–Trinajstić information content (AvgIpc) is 2.53. The van der Waals surface area contributed by atoms with E-state index in [0.29, 0.717) is 0 Å². The van der Waals surface area contributed by atoms with Crippen LogP contribution in [0.3, 0.4) is 0 Å². The summed E-state index contributed by atoms with van der Waals surface area (Å²) in [5.74, 6) is -1.96. The summed E-state index contributed by atoms with van der Waals surface area (Å²) in [6.45, 7) is 7.58. The van der Waals surface area contributed by atoms with Gasteiger partial charge in [0.1, 0.15) is 0 Å². The van der Waals surface area contributed by atoms with Gasteiger partial charge in [0.05, 0.1) is 5.56 Å². The van der Waals surface area contributed by atoms with Gasteiger partial charge in [0.2, 0.25) is 0 Å².